The first-order valence-electron chi connectivity index (χ1n) is 12.9. The molecule has 9 nitrogen and oxygen atoms in total. The van der Waals surface area contributed by atoms with Crippen LogP contribution >= 0.6 is 0 Å². The minimum Gasteiger partial charge on any atom is -0.507 e. The summed E-state index contributed by atoms with van der Waals surface area (Å²) in [4.78, 5) is 30.5. The van der Waals surface area contributed by atoms with Crippen LogP contribution in [0.3, 0.4) is 0 Å². The molecule has 1 atom stereocenters. The molecule has 38 heavy (non-hydrogen) atoms. The number of Topliss-reactive ketones (excluding diaryl/α,β-unsaturated/α-hetero) is 1. The maximum atomic E-state index is 13.4. The normalized spacial score (nSPS) is 20.9. The number of amides is 1. The van der Waals surface area contributed by atoms with Crippen LogP contribution < -0.4 is 14.2 Å². The number of carbonyl (C=O) groups excluding carboxylic acids is 2. The van der Waals surface area contributed by atoms with Gasteiger partial charge in [-0.15, -0.1) is 0 Å². The summed E-state index contributed by atoms with van der Waals surface area (Å²) in [5, 5.41) is 11.4. The van der Waals surface area contributed by atoms with Crippen LogP contribution in [0, 0.1) is 0 Å². The Labute approximate surface area is 221 Å². The van der Waals surface area contributed by atoms with Gasteiger partial charge in [0.05, 0.1) is 24.8 Å². The lowest BCUT2D eigenvalue weighted by atomic mass is 9.95. The molecule has 3 aliphatic heterocycles. The number of rotatable bonds is 9. The first kappa shape index (κ1) is 25.8. The Morgan fingerprint density at radius 1 is 1.03 bits per heavy atom. The molecule has 3 aliphatic rings. The van der Waals surface area contributed by atoms with E-state index >= 15 is 0 Å². The van der Waals surface area contributed by atoms with E-state index < -0.39 is 17.7 Å². The third-order valence-corrected chi connectivity index (χ3v) is 6.87. The third-order valence-electron chi connectivity index (χ3n) is 6.87. The largest absolute Gasteiger partial charge is 0.507 e. The number of likely N-dealkylation sites (tertiary alicyclic amines) is 1. The average Bonchev–Trinajstić information content (AvgIpc) is 3.21. The molecule has 5 rings (SSSR count). The number of benzene rings is 2. The van der Waals surface area contributed by atoms with Gasteiger partial charge in [-0.3, -0.25) is 14.5 Å². The molecule has 2 fully saturated rings. The lowest BCUT2D eigenvalue weighted by Crippen LogP contribution is -2.38. The standard InChI is InChI=1S/C29H32N2O7/c1-2-13-36-22-6-3-5-20(18-22)26-25(27(32)21-7-8-23-24(19-21)38-17-16-37-23)28(33)29(34)31(26)10-4-9-30-11-14-35-15-12-30/h2-3,5-8,18-19,26,32H,1,4,9-17H2/t26-/m1/s1. The molecule has 2 saturated heterocycles. The van der Waals surface area contributed by atoms with Crippen LogP contribution in [0.1, 0.15) is 23.6 Å². The topological polar surface area (TPSA) is 97.8 Å². The number of hydrogen-bond acceptors (Lipinski definition) is 8. The molecule has 0 aliphatic carbocycles. The average molecular weight is 521 g/mol. The van der Waals surface area contributed by atoms with Crippen LogP contribution in [-0.4, -0.2) is 85.8 Å². The molecule has 0 spiro atoms. The molecule has 200 valence electrons. The van der Waals surface area contributed by atoms with E-state index in [1.165, 1.54) is 0 Å². The molecular formula is C29H32N2O7. The first-order valence-corrected chi connectivity index (χ1v) is 12.9. The molecule has 1 N–H and O–H groups in total. The molecular weight excluding hydrogens is 488 g/mol. The van der Waals surface area contributed by atoms with Crippen molar-refractivity contribution in [3.05, 3.63) is 71.8 Å². The number of morpholine rings is 1. The molecule has 1 amide bonds. The van der Waals surface area contributed by atoms with E-state index in [9.17, 15) is 14.7 Å². The second-order valence-corrected chi connectivity index (χ2v) is 9.33. The van der Waals surface area contributed by atoms with Crippen molar-refractivity contribution in [2.45, 2.75) is 12.5 Å². The van der Waals surface area contributed by atoms with Gasteiger partial charge in [0.25, 0.3) is 11.7 Å². The maximum Gasteiger partial charge on any atom is 0.295 e. The second-order valence-electron chi connectivity index (χ2n) is 9.33. The molecule has 3 heterocycles. The van der Waals surface area contributed by atoms with Crippen LogP contribution in [-0.2, 0) is 14.3 Å². The Balaban J connectivity index is 1.49. The van der Waals surface area contributed by atoms with E-state index in [2.05, 4.69) is 11.5 Å². The lowest BCUT2D eigenvalue weighted by molar-refractivity contribution is -0.140. The van der Waals surface area contributed by atoms with Gasteiger partial charge in [-0.2, -0.15) is 0 Å². The minimum absolute atomic E-state index is 0.0407. The minimum atomic E-state index is -0.764. The zero-order valence-electron chi connectivity index (χ0n) is 21.3. The van der Waals surface area contributed by atoms with Crippen molar-refractivity contribution in [3.63, 3.8) is 0 Å². The van der Waals surface area contributed by atoms with Gasteiger partial charge < -0.3 is 29.0 Å². The van der Waals surface area contributed by atoms with Crippen LogP contribution in [0.2, 0.25) is 0 Å². The number of aliphatic hydroxyl groups is 1. The summed E-state index contributed by atoms with van der Waals surface area (Å²) in [6.45, 7) is 9.05. The van der Waals surface area contributed by atoms with Crippen molar-refractivity contribution in [1.29, 1.82) is 0 Å². The molecule has 2 aromatic carbocycles. The van der Waals surface area contributed by atoms with Crippen molar-refractivity contribution >= 4 is 17.4 Å². The van der Waals surface area contributed by atoms with Gasteiger partial charge in [0.2, 0.25) is 0 Å². The zero-order chi connectivity index (χ0) is 26.5. The van der Waals surface area contributed by atoms with Crippen LogP contribution in [0.4, 0.5) is 0 Å². The van der Waals surface area contributed by atoms with Gasteiger partial charge in [0, 0.05) is 31.7 Å². The Morgan fingerprint density at radius 2 is 1.82 bits per heavy atom. The Bertz CT molecular complexity index is 1240. The number of ketones is 1. The van der Waals surface area contributed by atoms with Crippen molar-refractivity contribution in [2.75, 3.05) is 59.2 Å². The van der Waals surface area contributed by atoms with Crippen molar-refractivity contribution in [2.24, 2.45) is 0 Å². The highest BCUT2D eigenvalue weighted by atomic mass is 16.6. The summed E-state index contributed by atoms with van der Waals surface area (Å²) in [6, 6.07) is 11.5. The molecule has 9 heteroatoms. The van der Waals surface area contributed by atoms with E-state index in [-0.39, 0.29) is 11.3 Å². The highest BCUT2D eigenvalue weighted by Crippen LogP contribution is 2.41. The van der Waals surface area contributed by atoms with Crippen LogP contribution in [0.25, 0.3) is 5.76 Å². The quantitative estimate of drug-likeness (QED) is 0.233. The van der Waals surface area contributed by atoms with E-state index in [0.29, 0.717) is 74.4 Å². The predicted octanol–water partition coefficient (Wildman–Crippen LogP) is 3.17. The second kappa shape index (κ2) is 11.7. The highest BCUT2D eigenvalue weighted by Gasteiger charge is 2.46. The Morgan fingerprint density at radius 3 is 2.61 bits per heavy atom. The van der Waals surface area contributed by atoms with E-state index in [1.54, 1.807) is 41.3 Å². The number of carbonyl (C=O) groups is 2. The maximum absolute atomic E-state index is 13.4. The lowest BCUT2D eigenvalue weighted by Gasteiger charge is -2.29. The smallest absolute Gasteiger partial charge is 0.295 e. The molecule has 0 saturated carbocycles. The third kappa shape index (κ3) is 5.39. The van der Waals surface area contributed by atoms with Gasteiger partial charge in [0.1, 0.15) is 31.3 Å². The van der Waals surface area contributed by atoms with Crippen molar-refractivity contribution in [3.8, 4) is 17.2 Å². The van der Waals surface area contributed by atoms with Crippen molar-refractivity contribution < 1.29 is 33.6 Å². The van der Waals surface area contributed by atoms with Gasteiger partial charge >= 0.3 is 0 Å². The number of aliphatic hydroxyl groups excluding tert-OH is 1. The molecule has 0 unspecified atom stereocenters. The summed E-state index contributed by atoms with van der Waals surface area (Å²) < 4.78 is 22.4. The summed E-state index contributed by atoms with van der Waals surface area (Å²) in [5.41, 5.74) is 1.10. The van der Waals surface area contributed by atoms with E-state index in [4.69, 9.17) is 18.9 Å². The fourth-order valence-electron chi connectivity index (χ4n) is 5.02. The molecule has 0 aromatic heterocycles. The van der Waals surface area contributed by atoms with Crippen LogP contribution in [0.5, 0.6) is 17.2 Å². The zero-order valence-corrected chi connectivity index (χ0v) is 21.3. The Hall–Kier alpha value is -3.82. The van der Waals surface area contributed by atoms with Crippen LogP contribution in [0.15, 0.2) is 60.7 Å². The highest BCUT2D eigenvalue weighted by molar-refractivity contribution is 6.46. The van der Waals surface area contributed by atoms with Gasteiger partial charge in [-0.05, 0) is 42.3 Å². The van der Waals surface area contributed by atoms with Gasteiger partial charge in [-0.1, -0.05) is 24.8 Å². The van der Waals surface area contributed by atoms with Crippen molar-refractivity contribution in [1.82, 2.24) is 9.80 Å². The molecule has 2 aromatic rings. The number of nitrogens with zero attached hydrogens (tertiary/aromatic N) is 2. The summed E-state index contributed by atoms with van der Waals surface area (Å²) in [7, 11) is 0. The predicted molar refractivity (Wildman–Crippen MR) is 140 cm³/mol. The summed E-state index contributed by atoms with van der Waals surface area (Å²) in [6.07, 6.45) is 2.33. The van der Waals surface area contributed by atoms with Gasteiger partial charge in [-0.25, -0.2) is 0 Å². The fourth-order valence-corrected chi connectivity index (χ4v) is 5.02. The monoisotopic (exact) mass is 520 g/mol. The fraction of sp³-hybridized carbons (Fsp3) is 0.379. The SMILES string of the molecule is C=CCOc1cccc([C@@H]2C(=C(O)c3ccc4c(c3)OCCO4)C(=O)C(=O)N2CCCN2CCOCC2)c1. The molecule has 0 radical (unpaired) electrons. The number of ether oxygens (including phenoxy) is 4. The first-order chi connectivity index (χ1) is 18.6. The van der Waals surface area contributed by atoms with E-state index in [1.807, 2.05) is 12.1 Å². The van der Waals surface area contributed by atoms with E-state index in [0.717, 1.165) is 19.6 Å². The van der Waals surface area contributed by atoms with Gasteiger partial charge in [0.15, 0.2) is 11.5 Å². The molecule has 0 bridgehead atoms. The summed E-state index contributed by atoms with van der Waals surface area (Å²) in [5.74, 6) is 0.0371. The number of fused-ring (bicyclic) bond motifs is 1. The Kier molecular flexibility index (Phi) is 7.95. The number of hydrogen-bond donors (Lipinski definition) is 1. The summed E-state index contributed by atoms with van der Waals surface area (Å²) >= 11 is 0.